The highest BCUT2D eigenvalue weighted by molar-refractivity contribution is 5.25. The van der Waals surface area contributed by atoms with Crippen molar-refractivity contribution in [1.29, 1.82) is 0 Å². The molecule has 2 bridgehead atoms. The van der Waals surface area contributed by atoms with E-state index in [0.717, 1.165) is 5.92 Å². The molecule has 14 heavy (non-hydrogen) atoms. The smallest absolute Gasteiger partial charge is 0.0286 e. The lowest BCUT2D eigenvalue weighted by molar-refractivity contribution is 0.543. The van der Waals surface area contributed by atoms with Gasteiger partial charge in [-0.3, -0.25) is 0 Å². The molecule has 0 spiro atoms. The van der Waals surface area contributed by atoms with Crippen LogP contribution in [0.4, 0.5) is 0 Å². The Kier molecular flexibility index (Phi) is 3.67. The van der Waals surface area contributed by atoms with Gasteiger partial charge in [-0.1, -0.05) is 43.8 Å². The van der Waals surface area contributed by atoms with Gasteiger partial charge in [0.25, 0.3) is 0 Å². The molecule has 0 saturated heterocycles. The van der Waals surface area contributed by atoms with Crippen LogP contribution in [-0.2, 0) is 0 Å². The highest BCUT2D eigenvalue weighted by Gasteiger charge is 2.29. The molecule has 0 radical (unpaired) electrons. The fraction of sp³-hybridized carbons (Fsp3) is 0.857. The first-order valence-electron chi connectivity index (χ1n) is 6.60. The zero-order chi connectivity index (χ0) is 9.80. The molecule has 0 heterocycles. The molecule has 0 aromatic heterocycles. The standard InChI is InChI=1S/C14H24/c1-2-3-4-5-6-7-13-10-12-8-9-14(13)11-12/h12H,2-11H2,1H3. The molecule has 0 nitrogen and oxygen atoms in total. The van der Waals surface area contributed by atoms with E-state index in [2.05, 4.69) is 6.92 Å². The van der Waals surface area contributed by atoms with Gasteiger partial charge in [-0.25, -0.2) is 0 Å². The summed E-state index contributed by atoms with van der Waals surface area (Å²) in [5, 5.41) is 0. The maximum atomic E-state index is 2.29. The minimum absolute atomic E-state index is 1.08. The predicted octanol–water partition coefficient (Wildman–Crippen LogP) is 4.85. The third kappa shape index (κ3) is 2.40. The summed E-state index contributed by atoms with van der Waals surface area (Å²) in [5.41, 5.74) is 3.74. The molecule has 80 valence electrons. The van der Waals surface area contributed by atoms with E-state index in [1.54, 1.807) is 0 Å². The molecule has 1 saturated carbocycles. The summed E-state index contributed by atoms with van der Waals surface area (Å²) in [6.45, 7) is 2.29. The fourth-order valence-corrected chi connectivity index (χ4v) is 3.14. The molecule has 2 aliphatic carbocycles. The van der Waals surface area contributed by atoms with Gasteiger partial charge in [-0.05, 0) is 44.4 Å². The normalized spacial score (nSPS) is 25.1. The molecule has 1 unspecified atom stereocenters. The molecular weight excluding hydrogens is 168 g/mol. The van der Waals surface area contributed by atoms with Gasteiger partial charge in [0.1, 0.15) is 0 Å². The zero-order valence-electron chi connectivity index (χ0n) is 9.65. The fourth-order valence-electron chi connectivity index (χ4n) is 3.14. The van der Waals surface area contributed by atoms with Gasteiger partial charge in [0.2, 0.25) is 0 Å². The molecule has 2 aliphatic rings. The molecule has 0 N–H and O–H groups in total. The minimum atomic E-state index is 1.08. The van der Waals surface area contributed by atoms with Crippen molar-refractivity contribution in [2.24, 2.45) is 5.92 Å². The molecule has 0 aliphatic heterocycles. The SMILES string of the molecule is CCCCCCCC1=C2CCC(C1)C2. The third-order valence-corrected chi connectivity index (χ3v) is 4.01. The van der Waals surface area contributed by atoms with E-state index in [-0.39, 0.29) is 0 Å². The largest absolute Gasteiger partial charge is 0.0707 e. The van der Waals surface area contributed by atoms with Crippen LogP contribution in [0.25, 0.3) is 0 Å². The average molecular weight is 192 g/mol. The first-order chi connectivity index (χ1) is 6.90. The lowest BCUT2D eigenvalue weighted by Gasteiger charge is -2.11. The summed E-state index contributed by atoms with van der Waals surface area (Å²) in [6, 6.07) is 0. The van der Waals surface area contributed by atoms with Crippen LogP contribution in [0.5, 0.6) is 0 Å². The lowest BCUT2D eigenvalue weighted by Crippen LogP contribution is -1.94. The van der Waals surface area contributed by atoms with Crippen LogP contribution in [0.15, 0.2) is 11.1 Å². The summed E-state index contributed by atoms with van der Waals surface area (Å²) in [5.74, 6) is 1.08. The first-order valence-corrected chi connectivity index (χ1v) is 6.60. The maximum absolute atomic E-state index is 2.29. The van der Waals surface area contributed by atoms with Crippen LogP contribution in [0.1, 0.15) is 71.1 Å². The monoisotopic (exact) mass is 192 g/mol. The van der Waals surface area contributed by atoms with Crippen LogP contribution in [-0.4, -0.2) is 0 Å². The maximum Gasteiger partial charge on any atom is -0.0286 e. The van der Waals surface area contributed by atoms with Crippen LogP contribution in [0, 0.1) is 5.92 Å². The van der Waals surface area contributed by atoms with Gasteiger partial charge in [0, 0.05) is 0 Å². The summed E-state index contributed by atoms with van der Waals surface area (Å²) >= 11 is 0. The van der Waals surface area contributed by atoms with Crippen molar-refractivity contribution in [3.8, 4) is 0 Å². The van der Waals surface area contributed by atoms with Crippen molar-refractivity contribution in [3.63, 3.8) is 0 Å². The van der Waals surface area contributed by atoms with E-state index in [1.807, 2.05) is 11.1 Å². The van der Waals surface area contributed by atoms with E-state index < -0.39 is 0 Å². The Morgan fingerprint density at radius 1 is 1.07 bits per heavy atom. The second-order valence-corrected chi connectivity index (χ2v) is 5.18. The summed E-state index contributed by atoms with van der Waals surface area (Å²) < 4.78 is 0. The number of unbranched alkanes of at least 4 members (excludes halogenated alkanes) is 4. The molecule has 0 amide bonds. The quantitative estimate of drug-likeness (QED) is 0.417. The van der Waals surface area contributed by atoms with Gasteiger partial charge >= 0.3 is 0 Å². The number of fused-ring (bicyclic) bond motifs is 2. The Labute approximate surface area is 88.8 Å². The number of allylic oxidation sites excluding steroid dienone is 2. The Hall–Kier alpha value is -0.260. The highest BCUT2D eigenvalue weighted by atomic mass is 14.3. The van der Waals surface area contributed by atoms with Crippen LogP contribution in [0.3, 0.4) is 0 Å². The van der Waals surface area contributed by atoms with Gasteiger partial charge < -0.3 is 0 Å². The van der Waals surface area contributed by atoms with Gasteiger partial charge in [0.05, 0.1) is 0 Å². The van der Waals surface area contributed by atoms with E-state index in [0.29, 0.717) is 0 Å². The van der Waals surface area contributed by atoms with Crippen molar-refractivity contribution in [2.75, 3.05) is 0 Å². The van der Waals surface area contributed by atoms with E-state index in [4.69, 9.17) is 0 Å². The molecule has 0 aromatic carbocycles. The molecule has 1 fully saturated rings. The lowest BCUT2D eigenvalue weighted by atomic mass is 9.95. The number of hydrogen-bond donors (Lipinski definition) is 0. The molecule has 1 atom stereocenters. The summed E-state index contributed by atoms with van der Waals surface area (Å²) in [4.78, 5) is 0. The Balaban J connectivity index is 1.62. The number of rotatable bonds is 6. The van der Waals surface area contributed by atoms with Gasteiger partial charge in [-0.2, -0.15) is 0 Å². The summed E-state index contributed by atoms with van der Waals surface area (Å²) in [7, 11) is 0. The van der Waals surface area contributed by atoms with Crippen LogP contribution in [0.2, 0.25) is 0 Å². The third-order valence-electron chi connectivity index (χ3n) is 4.01. The van der Waals surface area contributed by atoms with E-state index in [9.17, 15) is 0 Å². The van der Waals surface area contributed by atoms with Crippen molar-refractivity contribution in [3.05, 3.63) is 11.1 Å². The summed E-state index contributed by atoms with van der Waals surface area (Å²) in [6.07, 6.45) is 14.6. The van der Waals surface area contributed by atoms with E-state index >= 15 is 0 Å². The Morgan fingerprint density at radius 3 is 2.57 bits per heavy atom. The van der Waals surface area contributed by atoms with Gasteiger partial charge in [-0.15, -0.1) is 0 Å². The van der Waals surface area contributed by atoms with Crippen molar-refractivity contribution in [1.82, 2.24) is 0 Å². The van der Waals surface area contributed by atoms with Gasteiger partial charge in [0.15, 0.2) is 0 Å². The molecule has 0 heteroatoms. The number of hydrogen-bond acceptors (Lipinski definition) is 0. The first kappa shape index (κ1) is 10.3. The topological polar surface area (TPSA) is 0 Å². The molecule has 0 aromatic rings. The van der Waals surface area contributed by atoms with Crippen LogP contribution >= 0.6 is 0 Å². The zero-order valence-corrected chi connectivity index (χ0v) is 9.65. The second-order valence-electron chi connectivity index (χ2n) is 5.18. The van der Waals surface area contributed by atoms with Crippen molar-refractivity contribution >= 4 is 0 Å². The minimum Gasteiger partial charge on any atom is -0.0707 e. The Bertz CT molecular complexity index is 212. The average Bonchev–Trinajstić information content (AvgIpc) is 2.79. The van der Waals surface area contributed by atoms with Crippen molar-refractivity contribution < 1.29 is 0 Å². The second kappa shape index (κ2) is 5.00. The van der Waals surface area contributed by atoms with Crippen LogP contribution < -0.4 is 0 Å². The predicted molar refractivity (Wildman–Crippen MR) is 62.4 cm³/mol. The highest BCUT2D eigenvalue weighted by Crippen LogP contribution is 2.45. The van der Waals surface area contributed by atoms with Crippen molar-refractivity contribution in [2.45, 2.75) is 71.1 Å². The Morgan fingerprint density at radius 2 is 1.93 bits per heavy atom. The molecule has 2 rings (SSSR count). The molecular formula is C14H24. The van der Waals surface area contributed by atoms with E-state index in [1.165, 1.54) is 64.2 Å².